The average molecular weight is 196 g/mol. The summed E-state index contributed by atoms with van der Waals surface area (Å²) in [5.74, 6) is 0. The van der Waals surface area contributed by atoms with Gasteiger partial charge in [0, 0.05) is 0 Å². The second-order valence-electron chi connectivity index (χ2n) is 3.13. The summed E-state index contributed by atoms with van der Waals surface area (Å²) in [6.45, 7) is 0.480. The lowest BCUT2D eigenvalue weighted by Gasteiger charge is -2.03. The zero-order chi connectivity index (χ0) is 10.3. The van der Waals surface area contributed by atoms with E-state index >= 15 is 0 Å². The second kappa shape index (κ2) is 5.05. The van der Waals surface area contributed by atoms with Crippen molar-refractivity contribution in [1.82, 2.24) is 10.6 Å². The first-order valence-electron chi connectivity index (χ1n) is 4.90. The molecule has 0 fully saturated rings. The van der Waals surface area contributed by atoms with E-state index in [1.165, 1.54) is 0 Å². The molecule has 0 amide bonds. The molecule has 0 aliphatic heterocycles. The Kier molecular flexibility index (Phi) is 3.23. The number of rotatable bonds is 4. The van der Waals surface area contributed by atoms with Crippen molar-refractivity contribution >= 4 is 11.4 Å². The maximum atomic E-state index is 4.33. The van der Waals surface area contributed by atoms with Gasteiger partial charge in [0.05, 0.1) is 11.4 Å². The number of nitrogens with zero attached hydrogens (tertiary/aromatic N) is 2. The van der Waals surface area contributed by atoms with Crippen LogP contribution in [0.2, 0.25) is 0 Å². The van der Waals surface area contributed by atoms with Gasteiger partial charge >= 0.3 is 0 Å². The van der Waals surface area contributed by atoms with Crippen LogP contribution in [-0.2, 0) is 0 Å². The molecular weight excluding hydrogens is 184 g/mol. The summed E-state index contributed by atoms with van der Waals surface area (Å²) in [6.07, 6.45) is 0. The molecule has 2 rings (SSSR count). The first-order chi connectivity index (χ1) is 7.45. The van der Waals surface area contributed by atoms with Gasteiger partial charge in [0.15, 0.2) is 0 Å². The van der Waals surface area contributed by atoms with Crippen LogP contribution >= 0.6 is 0 Å². The van der Waals surface area contributed by atoms with Crippen molar-refractivity contribution in [2.45, 2.75) is 0 Å². The van der Waals surface area contributed by atoms with Gasteiger partial charge in [-0.15, -0.1) is 0 Å². The number of benzene rings is 2. The topological polar surface area (TPSA) is 28.2 Å². The molecule has 0 bridgehead atoms. The summed E-state index contributed by atoms with van der Waals surface area (Å²) in [7, 11) is 0. The molecule has 0 aliphatic rings. The molecule has 0 heterocycles. The summed E-state index contributed by atoms with van der Waals surface area (Å²) < 4.78 is 0. The quantitative estimate of drug-likeness (QED) is 0.719. The van der Waals surface area contributed by atoms with Crippen LogP contribution in [0, 0.1) is 0 Å². The van der Waals surface area contributed by atoms with Gasteiger partial charge < -0.3 is 0 Å². The van der Waals surface area contributed by atoms with E-state index in [1.54, 1.807) is 0 Å². The van der Waals surface area contributed by atoms with Crippen LogP contribution < -0.4 is 10.6 Å². The smallest absolute Gasteiger partial charge is 0.130 e. The minimum Gasteiger partial charge on any atom is -0.262 e. The minimum absolute atomic E-state index is 0.480. The maximum absolute atomic E-state index is 4.33. The highest BCUT2D eigenvalue weighted by Gasteiger charge is 1.93. The van der Waals surface area contributed by atoms with Crippen molar-refractivity contribution in [1.29, 1.82) is 0 Å². The molecule has 0 spiro atoms. The van der Waals surface area contributed by atoms with E-state index < -0.39 is 0 Å². The molecule has 0 saturated heterocycles. The summed E-state index contributed by atoms with van der Waals surface area (Å²) in [5, 5.41) is 8.67. The van der Waals surface area contributed by atoms with Gasteiger partial charge in [-0.3, -0.25) is 10.6 Å². The Balaban J connectivity index is 1.81. The fourth-order valence-corrected chi connectivity index (χ4v) is 1.27. The Bertz CT molecular complexity index is 344. The molecule has 0 atom stereocenters. The fourth-order valence-electron chi connectivity index (χ4n) is 1.27. The van der Waals surface area contributed by atoms with Crippen LogP contribution in [0.4, 0.5) is 11.4 Å². The molecule has 15 heavy (non-hydrogen) atoms. The molecule has 0 aliphatic carbocycles. The first kappa shape index (κ1) is 9.59. The van der Waals surface area contributed by atoms with Crippen LogP contribution in [0.25, 0.3) is 0 Å². The summed E-state index contributed by atoms with van der Waals surface area (Å²) in [4.78, 5) is 0. The summed E-state index contributed by atoms with van der Waals surface area (Å²) in [5.41, 5.74) is 1.94. The van der Waals surface area contributed by atoms with Crippen molar-refractivity contribution in [3.63, 3.8) is 0 Å². The normalized spacial score (nSPS) is 9.60. The SMILES string of the molecule is c1ccc([N]C[N]c2ccccc2)cc1. The monoisotopic (exact) mass is 196 g/mol. The van der Waals surface area contributed by atoms with Gasteiger partial charge in [-0.2, -0.15) is 0 Å². The van der Waals surface area contributed by atoms with E-state index in [9.17, 15) is 0 Å². The van der Waals surface area contributed by atoms with E-state index in [2.05, 4.69) is 10.6 Å². The minimum atomic E-state index is 0.480. The molecule has 0 saturated carbocycles. The van der Waals surface area contributed by atoms with E-state index in [-0.39, 0.29) is 0 Å². The molecule has 2 heteroatoms. The van der Waals surface area contributed by atoms with Crippen molar-refractivity contribution in [3.8, 4) is 0 Å². The zero-order valence-corrected chi connectivity index (χ0v) is 8.38. The van der Waals surface area contributed by atoms with Gasteiger partial charge in [0.1, 0.15) is 6.67 Å². The summed E-state index contributed by atoms with van der Waals surface area (Å²) >= 11 is 0. The Morgan fingerprint density at radius 1 is 0.600 bits per heavy atom. The molecule has 74 valence electrons. The third-order valence-electron chi connectivity index (χ3n) is 2.02. The van der Waals surface area contributed by atoms with Gasteiger partial charge in [-0.05, 0) is 24.3 Å². The highest BCUT2D eigenvalue weighted by molar-refractivity contribution is 5.37. The highest BCUT2D eigenvalue weighted by atomic mass is 15.1. The van der Waals surface area contributed by atoms with Crippen molar-refractivity contribution < 1.29 is 0 Å². The highest BCUT2D eigenvalue weighted by Crippen LogP contribution is 2.07. The van der Waals surface area contributed by atoms with Crippen LogP contribution in [0.1, 0.15) is 0 Å². The zero-order valence-electron chi connectivity index (χ0n) is 8.38. The molecule has 2 nitrogen and oxygen atoms in total. The average Bonchev–Trinajstić information content (AvgIpc) is 2.32. The van der Waals surface area contributed by atoms with E-state index in [1.807, 2.05) is 60.7 Å². The van der Waals surface area contributed by atoms with Crippen LogP contribution in [0.5, 0.6) is 0 Å². The predicted octanol–water partition coefficient (Wildman–Crippen LogP) is 2.82. The standard InChI is InChI=1S/C13H12N2/c1-3-7-12(8-4-1)14-11-15-13-9-5-2-6-10-13/h1-10H,11H2. The van der Waals surface area contributed by atoms with Gasteiger partial charge in [-0.1, -0.05) is 36.4 Å². The molecule has 0 aromatic heterocycles. The number of hydrogen-bond acceptors (Lipinski definition) is 0. The second-order valence-corrected chi connectivity index (χ2v) is 3.13. The lowest BCUT2D eigenvalue weighted by atomic mass is 10.3. The van der Waals surface area contributed by atoms with Crippen LogP contribution in [-0.4, -0.2) is 6.67 Å². The van der Waals surface area contributed by atoms with E-state index in [0.717, 1.165) is 11.4 Å². The third-order valence-corrected chi connectivity index (χ3v) is 2.02. The van der Waals surface area contributed by atoms with Crippen molar-refractivity contribution in [3.05, 3.63) is 60.7 Å². The molecule has 2 radical (unpaired) electrons. The molecule has 0 unspecified atom stereocenters. The van der Waals surface area contributed by atoms with Gasteiger partial charge in [-0.25, -0.2) is 0 Å². The van der Waals surface area contributed by atoms with E-state index in [0.29, 0.717) is 6.67 Å². The van der Waals surface area contributed by atoms with Gasteiger partial charge in [0.2, 0.25) is 0 Å². The predicted molar refractivity (Wildman–Crippen MR) is 61.3 cm³/mol. The lowest BCUT2D eigenvalue weighted by Crippen LogP contribution is -2.09. The van der Waals surface area contributed by atoms with Crippen molar-refractivity contribution in [2.75, 3.05) is 6.67 Å². The number of hydrogen-bond donors (Lipinski definition) is 0. The number of para-hydroxylation sites is 2. The molecular formula is C13H12N2. The molecule has 2 aromatic carbocycles. The molecule has 0 N–H and O–H groups in total. The van der Waals surface area contributed by atoms with Crippen LogP contribution in [0.3, 0.4) is 0 Å². The maximum Gasteiger partial charge on any atom is 0.130 e. The lowest BCUT2D eigenvalue weighted by molar-refractivity contribution is 0.763. The fraction of sp³-hybridized carbons (Fsp3) is 0.0769. The largest absolute Gasteiger partial charge is 0.262 e. The van der Waals surface area contributed by atoms with E-state index in [4.69, 9.17) is 0 Å². The van der Waals surface area contributed by atoms with Crippen LogP contribution in [0.15, 0.2) is 60.7 Å². The Morgan fingerprint density at radius 2 is 1.00 bits per heavy atom. The Hall–Kier alpha value is -1.96. The molecule has 2 aromatic rings. The summed E-state index contributed by atoms with van der Waals surface area (Å²) in [6, 6.07) is 19.7. The first-order valence-corrected chi connectivity index (χ1v) is 4.90. The Labute approximate surface area is 90.0 Å². The van der Waals surface area contributed by atoms with Crippen molar-refractivity contribution in [2.24, 2.45) is 0 Å². The Morgan fingerprint density at radius 3 is 1.40 bits per heavy atom. The third kappa shape index (κ3) is 3.02. The van der Waals surface area contributed by atoms with Gasteiger partial charge in [0.25, 0.3) is 0 Å².